The molecule has 1 heterocycles. The van der Waals surface area contributed by atoms with Gasteiger partial charge in [-0.05, 0) is 49.2 Å². The molecule has 1 aliphatic heterocycles. The van der Waals surface area contributed by atoms with E-state index in [4.69, 9.17) is 4.74 Å². The highest BCUT2D eigenvalue weighted by atomic mass is 16.5. The smallest absolute Gasteiger partial charge is 0.319 e. The molecule has 3 N–H and O–H groups in total. The van der Waals surface area contributed by atoms with E-state index in [9.17, 15) is 9.59 Å². The molecular formula is C30H37N5O3. The van der Waals surface area contributed by atoms with Crippen LogP contribution in [0.25, 0.3) is 0 Å². The molecular weight excluding hydrogens is 478 g/mol. The van der Waals surface area contributed by atoms with Gasteiger partial charge in [0.25, 0.3) is 5.91 Å². The van der Waals surface area contributed by atoms with Crippen molar-refractivity contribution in [2.75, 3.05) is 48.4 Å². The van der Waals surface area contributed by atoms with Gasteiger partial charge in [0.2, 0.25) is 0 Å². The number of hydrogen-bond donors (Lipinski definition) is 3. The maximum atomic E-state index is 13.3. The minimum Gasteiger partial charge on any atom is -0.495 e. The maximum Gasteiger partial charge on any atom is 0.319 e. The van der Waals surface area contributed by atoms with E-state index in [2.05, 4.69) is 31.8 Å². The van der Waals surface area contributed by atoms with Crippen molar-refractivity contribution < 1.29 is 14.3 Å². The van der Waals surface area contributed by atoms with E-state index in [0.29, 0.717) is 17.8 Å². The Labute approximate surface area is 225 Å². The number of nitrogens with zero attached hydrogens (tertiary/aromatic N) is 2. The summed E-state index contributed by atoms with van der Waals surface area (Å²) in [5, 5.41) is 8.83. The molecule has 1 unspecified atom stereocenters. The second kappa shape index (κ2) is 12.9. The van der Waals surface area contributed by atoms with Crippen LogP contribution in [0.15, 0.2) is 72.8 Å². The third-order valence-corrected chi connectivity index (χ3v) is 6.83. The molecule has 38 heavy (non-hydrogen) atoms. The van der Waals surface area contributed by atoms with Gasteiger partial charge in [-0.15, -0.1) is 0 Å². The highest BCUT2D eigenvalue weighted by Crippen LogP contribution is 2.31. The van der Waals surface area contributed by atoms with Crippen molar-refractivity contribution >= 4 is 29.0 Å². The third kappa shape index (κ3) is 6.76. The van der Waals surface area contributed by atoms with Crippen LogP contribution < -0.4 is 30.5 Å². The van der Waals surface area contributed by atoms with Gasteiger partial charge in [-0.25, -0.2) is 4.79 Å². The molecule has 8 nitrogen and oxygen atoms in total. The lowest BCUT2D eigenvalue weighted by Crippen LogP contribution is -2.47. The lowest BCUT2D eigenvalue weighted by molar-refractivity contribution is 0.0939. The van der Waals surface area contributed by atoms with Crippen molar-refractivity contribution in [3.05, 3.63) is 83.9 Å². The Morgan fingerprint density at radius 1 is 0.895 bits per heavy atom. The highest BCUT2D eigenvalue weighted by molar-refractivity contribution is 6.02. The molecule has 3 amide bonds. The van der Waals surface area contributed by atoms with Crippen molar-refractivity contribution in [2.45, 2.75) is 32.9 Å². The Hall–Kier alpha value is -4.20. The maximum absolute atomic E-state index is 13.3. The van der Waals surface area contributed by atoms with Crippen molar-refractivity contribution in [1.29, 1.82) is 0 Å². The van der Waals surface area contributed by atoms with Crippen LogP contribution >= 0.6 is 0 Å². The molecule has 1 aliphatic rings. The van der Waals surface area contributed by atoms with Crippen LogP contribution in [0, 0.1) is 0 Å². The lowest BCUT2D eigenvalue weighted by atomic mass is 10.1. The largest absolute Gasteiger partial charge is 0.495 e. The summed E-state index contributed by atoms with van der Waals surface area (Å²) < 4.78 is 5.55. The van der Waals surface area contributed by atoms with E-state index in [1.807, 2.05) is 74.5 Å². The van der Waals surface area contributed by atoms with E-state index < -0.39 is 0 Å². The molecule has 0 saturated carbocycles. The molecule has 0 bridgehead atoms. The molecule has 1 atom stereocenters. The summed E-state index contributed by atoms with van der Waals surface area (Å²) in [6.07, 6.45) is 0.832. The number of anilines is 3. The SMILES string of the molecule is CCC(C)NC(=O)c1cc(NC(=O)NCc2ccccc2)ccc1N1CCN(c2ccccc2OC)CC1. The van der Waals surface area contributed by atoms with Crippen molar-refractivity contribution in [3.8, 4) is 5.75 Å². The fourth-order valence-corrected chi connectivity index (χ4v) is 4.51. The number of urea groups is 1. The topological polar surface area (TPSA) is 85.9 Å². The Morgan fingerprint density at radius 3 is 2.24 bits per heavy atom. The Balaban J connectivity index is 1.48. The summed E-state index contributed by atoms with van der Waals surface area (Å²) >= 11 is 0. The zero-order valence-corrected chi connectivity index (χ0v) is 22.4. The summed E-state index contributed by atoms with van der Waals surface area (Å²) in [6.45, 7) is 7.56. The van der Waals surface area contributed by atoms with E-state index in [-0.39, 0.29) is 18.0 Å². The molecule has 0 spiro atoms. The molecule has 4 rings (SSSR count). The molecule has 8 heteroatoms. The van der Waals surface area contributed by atoms with E-state index in [1.54, 1.807) is 13.2 Å². The van der Waals surface area contributed by atoms with Crippen LogP contribution in [-0.2, 0) is 6.54 Å². The predicted molar refractivity (Wildman–Crippen MR) is 153 cm³/mol. The van der Waals surface area contributed by atoms with Gasteiger partial charge in [-0.2, -0.15) is 0 Å². The number of para-hydroxylation sites is 2. The van der Waals surface area contributed by atoms with Crippen molar-refractivity contribution in [2.24, 2.45) is 0 Å². The zero-order chi connectivity index (χ0) is 26.9. The second-order valence-electron chi connectivity index (χ2n) is 9.45. The first-order chi connectivity index (χ1) is 18.5. The minimum absolute atomic E-state index is 0.0449. The summed E-state index contributed by atoms with van der Waals surface area (Å²) in [7, 11) is 1.69. The van der Waals surface area contributed by atoms with Gasteiger partial charge >= 0.3 is 6.03 Å². The molecule has 0 radical (unpaired) electrons. The highest BCUT2D eigenvalue weighted by Gasteiger charge is 2.24. The first-order valence-corrected chi connectivity index (χ1v) is 13.1. The van der Waals surface area contributed by atoms with Crippen LogP contribution in [0.2, 0.25) is 0 Å². The molecule has 3 aromatic rings. The van der Waals surface area contributed by atoms with Crippen LogP contribution in [0.1, 0.15) is 36.2 Å². The van der Waals surface area contributed by atoms with E-state index in [1.165, 1.54) is 0 Å². The number of amides is 3. The van der Waals surface area contributed by atoms with Gasteiger partial charge in [0.1, 0.15) is 5.75 Å². The lowest BCUT2D eigenvalue weighted by Gasteiger charge is -2.38. The number of piperazine rings is 1. The number of nitrogens with one attached hydrogen (secondary N) is 3. The number of ether oxygens (including phenoxy) is 1. The molecule has 1 fully saturated rings. The van der Waals surface area contributed by atoms with Crippen molar-refractivity contribution in [1.82, 2.24) is 10.6 Å². The summed E-state index contributed by atoms with van der Waals surface area (Å²) in [6, 6.07) is 23.0. The van der Waals surface area contributed by atoms with Gasteiger partial charge < -0.3 is 30.5 Å². The second-order valence-corrected chi connectivity index (χ2v) is 9.45. The molecule has 0 aromatic heterocycles. The number of methoxy groups -OCH3 is 1. The van der Waals surface area contributed by atoms with Crippen LogP contribution in [0.4, 0.5) is 21.9 Å². The summed E-state index contributed by atoms with van der Waals surface area (Å²) in [5.74, 6) is 0.713. The van der Waals surface area contributed by atoms with Crippen LogP contribution in [0.5, 0.6) is 5.75 Å². The number of carbonyl (C=O) groups excluding carboxylic acids is 2. The molecule has 3 aromatic carbocycles. The third-order valence-electron chi connectivity index (χ3n) is 6.83. The summed E-state index contributed by atoms with van der Waals surface area (Å²) in [5.41, 5.74) is 4.07. The summed E-state index contributed by atoms with van der Waals surface area (Å²) in [4.78, 5) is 30.4. The Kier molecular flexibility index (Phi) is 9.08. The van der Waals surface area contributed by atoms with Crippen LogP contribution in [-0.4, -0.2) is 51.3 Å². The predicted octanol–water partition coefficient (Wildman–Crippen LogP) is 4.87. The average molecular weight is 516 g/mol. The zero-order valence-electron chi connectivity index (χ0n) is 22.4. The van der Waals surface area contributed by atoms with Gasteiger partial charge in [0.05, 0.1) is 18.4 Å². The fourth-order valence-electron chi connectivity index (χ4n) is 4.51. The van der Waals surface area contributed by atoms with Gasteiger partial charge in [-0.3, -0.25) is 4.79 Å². The number of carbonyl (C=O) groups is 2. The Bertz CT molecular complexity index is 1230. The van der Waals surface area contributed by atoms with Crippen LogP contribution in [0.3, 0.4) is 0 Å². The first-order valence-electron chi connectivity index (χ1n) is 13.1. The average Bonchev–Trinajstić information content (AvgIpc) is 2.96. The molecule has 200 valence electrons. The normalized spacial score (nSPS) is 14.0. The Morgan fingerprint density at radius 2 is 1.55 bits per heavy atom. The molecule has 1 saturated heterocycles. The van der Waals surface area contributed by atoms with Gasteiger partial charge in [0.15, 0.2) is 0 Å². The number of hydrogen-bond acceptors (Lipinski definition) is 5. The van der Waals surface area contributed by atoms with E-state index in [0.717, 1.165) is 55.3 Å². The van der Waals surface area contributed by atoms with Gasteiger partial charge in [-0.1, -0.05) is 49.4 Å². The van der Waals surface area contributed by atoms with E-state index >= 15 is 0 Å². The molecule has 0 aliphatic carbocycles. The van der Waals surface area contributed by atoms with Gasteiger partial charge in [0, 0.05) is 50.1 Å². The quantitative estimate of drug-likeness (QED) is 0.379. The monoisotopic (exact) mass is 515 g/mol. The van der Waals surface area contributed by atoms with Crippen molar-refractivity contribution in [3.63, 3.8) is 0 Å². The number of benzene rings is 3. The first kappa shape index (κ1) is 26.9. The number of rotatable bonds is 9. The standard InChI is InChI=1S/C30H37N5O3/c1-4-22(2)32-29(36)25-20-24(33-30(37)31-21-23-10-6-5-7-11-23)14-15-26(25)34-16-18-35(19-17-34)27-12-8-9-13-28(27)38-3/h5-15,20,22H,4,16-19,21H2,1-3H3,(H,32,36)(H2,31,33,37). The minimum atomic E-state index is -0.319. The fraction of sp³-hybridized carbons (Fsp3) is 0.333.